The van der Waals surface area contributed by atoms with Gasteiger partial charge in [-0.2, -0.15) is 0 Å². The topological polar surface area (TPSA) is 0 Å². The average Bonchev–Trinajstić information content (AvgIpc) is 1.86. The van der Waals surface area contributed by atoms with Crippen LogP contribution in [0, 0.1) is 0 Å². The van der Waals surface area contributed by atoms with Gasteiger partial charge in [0.1, 0.15) is 0 Å². The predicted octanol–water partition coefficient (Wildman–Crippen LogP) is 3.57. The third-order valence-corrected chi connectivity index (χ3v) is 7.08. The van der Waals surface area contributed by atoms with Crippen LogP contribution in [0.2, 0.25) is 19.6 Å². The van der Waals surface area contributed by atoms with Crippen LogP contribution in [0.5, 0.6) is 0 Å². The van der Waals surface area contributed by atoms with E-state index in [1.54, 1.807) is 4.92 Å². The third-order valence-electron chi connectivity index (χ3n) is 1.48. The SMILES string of the molecule is C[Si](C)(C)c1cccc(Br)p1. The first kappa shape index (κ1) is 9.44. The van der Waals surface area contributed by atoms with E-state index < -0.39 is 8.07 Å². The molecule has 1 heterocycles. The fourth-order valence-corrected chi connectivity index (χ4v) is 4.89. The van der Waals surface area contributed by atoms with E-state index in [0.717, 1.165) is 0 Å². The molecule has 0 aromatic carbocycles. The first-order chi connectivity index (χ1) is 5.00. The van der Waals surface area contributed by atoms with Crippen LogP contribution in [0.4, 0.5) is 0 Å². The maximum atomic E-state index is 3.52. The van der Waals surface area contributed by atoms with Gasteiger partial charge in [0, 0.05) is 4.20 Å². The normalized spacial score (nSPS) is 12.4. The summed E-state index contributed by atoms with van der Waals surface area (Å²) in [5, 5.41) is 0. The highest BCUT2D eigenvalue weighted by molar-refractivity contribution is 9.11. The van der Waals surface area contributed by atoms with Gasteiger partial charge < -0.3 is 0 Å². The zero-order valence-corrected chi connectivity index (χ0v) is 10.5. The second-order valence-electron chi connectivity index (χ2n) is 3.60. The Labute approximate surface area is 79.3 Å². The molecule has 0 amide bonds. The highest BCUT2D eigenvalue weighted by Gasteiger charge is 2.16. The molecule has 0 spiro atoms. The third kappa shape index (κ3) is 2.70. The lowest BCUT2D eigenvalue weighted by Crippen LogP contribution is -2.35. The molecule has 0 aliphatic heterocycles. The Hall–Kier alpha value is 0.347. The van der Waals surface area contributed by atoms with Crippen LogP contribution in [0.15, 0.2) is 22.4 Å². The second kappa shape index (κ2) is 3.38. The summed E-state index contributed by atoms with van der Waals surface area (Å²) < 4.78 is 1.29. The Kier molecular flexibility index (Phi) is 2.90. The van der Waals surface area contributed by atoms with Gasteiger partial charge in [-0.1, -0.05) is 40.0 Å². The lowest BCUT2D eigenvalue weighted by atomic mass is 10.6. The van der Waals surface area contributed by atoms with Crippen molar-refractivity contribution in [3.8, 4) is 0 Å². The molecule has 0 atom stereocenters. The molecule has 0 unspecified atom stereocenters. The van der Waals surface area contributed by atoms with Crippen molar-refractivity contribution in [2.75, 3.05) is 0 Å². The molecule has 11 heavy (non-hydrogen) atoms. The molecule has 0 aliphatic carbocycles. The molecule has 0 saturated heterocycles. The van der Waals surface area contributed by atoms with Gasteiger partial charge in [-0.05, 0) is 26.9 Å². The fourth-order valence-electron chi connectivity index (χ4n) is 0.826. The number of hydrogen-bond donors (Lipinski definition) is 0. The van der Waals surface area contributed by atoms with E-state index in [-0.39, 0.29) is 0 Å². The monoisotopic (exact) mass is 246 g/mol. The standard InChI is InChI=1S/C8H12BrPSi/c1-11(2,3)8-6-4-5-7(9)10-8/h4-6H,1-3H3. The van der Waals surface area contributed by atoms with E-state index in [1.807, 2.05) is 0 Å². The van der Waals surface area contributed by atoms with Gasteiger partial charge in [0.2, 0.25) is 0 Å². The van der Waals surface area contributed by atoms with Crippen LogP contribution >= 0.6 is 24.1 Å². The summed E-state index contributed by atoms with van der Waals surface area (Å²) in [6.45, 7) is 7.14. The molecular formula is C8H12BrPSi. The van der Waals surface area contributed by atoms with Crippen LogP contribution in [0.3, 0.4) is 0 Å². The van der Waals surface area contributed by atoms with Crippen molar-refractivity contribution >= 4 is 37.1 Å². The molecule has 0 radical (unpaired) electrons. The lowest BCUT2D eigenvalue weighted by molar-refractivity contribution is 1.76. The van der Waals surface area contributed by atoms with Gasteiger partial charge in [0.05, 0.1) is 8.07 Å². The van der Waals surface area contributed by atoms with Crippen molar-refractivity contribution in [2.45, 2.75) is 19.6 Å². The van der Waals surface area contributed by atoms with Crippen molar-refractivity contribution in [3.05, 3.63) is 22.4 Å². The van der Waals surface area contributed by atoms with E-state index in [2.05, 4.69) is 53.8 Å². The van der Waals surface area contributed by atoms with Crippen LogP contribution in [-0.2, 0) is 0 Å². The maximum absolute atomic E-state index is 3.52. The minimum atomic E-state index is -1.05. The Bertz CT molecular complexity index is 255. The van der Waals surface area contributed by atoms with Crippen LogP contribution < -0.4 is 4.92 Å². The van der Waals surface area contributed by atoms with E-state index >= 15 is 0 Å². The van der Waals surface area contributed by atoms with Crippen LogP contribution in [-0.4, -0.2) is 8.07 Å². The van der Waals surface area contributed by atoms with Gasteiger partial charge in [-0.25, -0.2) is 0 Å². The molecule has 0 saturated carbocycles. The molecular weight excluding hydrogens is 235 g/mol. The Morgan fingerprint density at radius 1 is 1.27 bits per heavy atom. The highest BCUT2D eigenvalue weighted by atomic mass is 79.9. The summed E-state index contributed by atoms with van der Waals surface area (Å²) >= 11 is 3.52. The summed E-state index contributed by atoms with van der Waals surface area (Å²) in [4.78, 5) is 1.60. The minimum Gasteiger partial charge on any atom is -0.0653 e. The summed E-state index contributed by atoms with van der Waals surface area (Å²) in [6.07, 6.45) is 0. The quantitative estimate of drug-likeness (QED) is 0.665. The summed E-state index contributed by atoms with van der Waals surface area (Å²) in [5.74, 6) is 0. The molecule has 0 N–H and O–H groups in total. The molecule has 0 nitrogen and oxygen atoms in total. The number of rotatable bonds is 1. The Morgan fingerprint density at radius 2 is 1.91 bits per heavy atom. The summed E-state index contributed by atoms with van der Waals surface area (Å²) in [5.41, 5.74) is 0. The van der Waals surface area contributed by atoms with Gasteiger partial charge >= 0.3 is 0 Å². The fraction of sp³-hybridized carbons (Fsp3) is 0.375. The molecule has 60 valence electrons. The van der Waals surface area contributed by atoms with Crippen molar-refractivity contribution in [1.29, 1.82) is 0 Å². The molecule has 1 rings (SSSR count). The summed E-state index contributed by atoms with van der Waals surface area (Å²) in [7, 11) is 0.324. The number of halogens is 1. The van der Waals surface area contributed by atoms with Crippen LogP contribution in [0.1, 0.15) is 0 Å². The zero-order chi connectivity index (χ0) is 8.48. The van der Waals surface area contributed by atoms with Crippen molar-refractivity contribution in [2.24, 2.45) is 0 Å². The van der Waals surface area contributed by atoms with E-state index in [1.165, 1.54) is 12.4 Å². The Morgan fingerprint density at radius 3 is 2.27 bits per heavy atom. The molecule has 0 bridgehead atoms. The first-order valence-electron chi connectivity index (χ1n) is 3.63. The van der Waals surface area contributed by atoms with Crippen molar-refractivity contribution in [3.63, 3.8) is 0 Å². The predicted molar refractivity (Wildman–Crippen MR) is 59.6 cm³/mol. The zero-order valence-electron chi connectivity index (χ0n) is 7.06. The number of hydrogen-bond acceptors (Lipinski definition) is 0. The molecule has 3 heteroatoms. The molecule has 1 aromatic heterocycles. The average molecular weight is 247 g/mol. The molecule has 0 fully saturated rings. The maximum Gasteiger partial charge on any atom is 0.0835 e. The smallest absolute Gasteiger partial charge is 0.0653 e. The second-order valence-corrected chi connectivity index (χ2v) is 11.7. The van der Waals surface area contributed by atoms with Crippen LogP contribution in [0.25, 0.3) is 0 Å². The minimum absolute atomic E-state index is 1.05. The van der Waals surface area contributed by atoms with Gasteiger partial charge in [-0.15, -0.1) is 0 Å². The Balaban J connectivity index is 3.06. The van der Waals surface area contributed by atoms with Gasteiger partial charge in [0.15, 0.2) is 0 Å². The first-order valence-corrected chi connectivity index (χ1v) is 8.82. The van der Waals surface area contributed by atoms with E-state index in [9.17, 15) is 0 Å². The molecule has 1 aromatic rings. The molecule has 0 aliphatic rings. The van der Waals surface area contributed by atoms with Gasteiger partial charge in [0.25, 0.3) is 0 Å². The highest BCUT2D eigenvalue weighted by Crippen LogP contribution is 2.21. The van der Waals surface area contributed by atoms with E-state index in [4.69, 9.17) is 0 Å². The van der Waals surface area contributed by atoms with Crippen molar-refractivity contribution in [1.82, 2.24) is 0 Å². The largest absolute Gasteiger partial charge is 0.0835 e. The van der Waals surface area contributed by atoms with Crippen molar-refractivity contribution < 1.29 is 0 Å². The van der Waals surface area contributed by atoms with Gasteiger partial charge in [-0.3, -0.25) is 0 Å². The summed E-state index contributed by atoms with van der Waals surface area (Å²) in [6, 6.07) is 6.51. The van der Waals surface area contributed by atoms with E-state index in [0.29, 0.717) is 0 Å². The lowest BCUT2D eigenvalue weighted by Gasteiger charge is -2.15.